The van der Waals surface area contributed by atoms with Crippen LogP contribution in [0.25, 0.3) is 0 Å². The first-order chi connectivity index (χ1) is 11.9. The number of halogens is 1. The number of thioether (sulfide) groups is 1. The van der Waals surface area contributed by atoms with E-state index < -0.39 is 21.6 Å². The van der Waals surface area contributed by atoms with Crippen molar-refractivity contribution in [2.75, 3.05) is 0 Å². The second kappa shape index (κ2) is 5.57. The smallest absolute Gasteiger partial charge is 0.258 e. The number of nitro groups is 1. The lowest BCUT2D eigenvalue weighted by Crippen LogP contribution is -2.59. The number of nitrogens with one attached hydrogen (secondary N) is 1. The van der Waals surface area contributed by atoms with Crippen LogP contribution >= 0.6 is 27.7 Å². The van der Waals surface area contributed by atoms with Gasteiger partial charge in [-0.05, 0) is 30.2 Å². The van der Waals surface area contributed by atoms with Crippen LogP contribution in [0.5, 0.6) is 0 Å². The molecule has 2 aliphatic heterocycles. The Morgan fingerprint density at radius 2 is 1.80 bits per heavy atom. The van der Waals surface area contributed by atoms with E-state index >= 15 is 0 Å². The van der Waals surface area contributed by atoms with E-state index in [2.05, 4.69) is 21.2 Å². The third-order valence-electron chi connectivity index (χ3n) is 5.11. The molecule has 0 saturated carbocycles. The number of fused-ring (bicyclic) bond motifs is 2. The molecule has 2 heterocycles. The summed E-state index contributed by atoms with van der Waals surface area (Å²) in [6.07, 6.45) is 0. The Labute approximate surface area is 157 Å². The molecule has 7 heteroatoms. The Morgan fingerprint density at radius 1 is 1.16 bits per heavy atom. The van der Waals surface area contributed by atoms with Crippen LogP contribution in [0.3, 0.4) is 0 Å². The van der Waals surface area contributed by atoms with E-state index in [1.165, 1.54) is 11.8 Å². The molecule has 1 amide bonds. The fourth-order valence-electron chi connectivity index (χ4n) is 4.00. The molecule has 25 heavy (non-hydrogen) atoms. The largest absolute Gasteiger partial charge is 0.331 e. The number of amides is 1. The molecule has 0 radical (unpaired) electrons. The Balaban J connectivity index is 1.92. The predicted octanol–water partition coefficient (Wildman–Crippen LogP) is 3.67. The van der Waals surface area contributed by atoms with Crippen molar-refractivity contribution in [3.05, 3.63) is 80.3 Å². The average Bonchev–Trinajstić information content (AvgIpc) is 3.01. The van der Waals surface area contributed by atoms with Gasteiger partial charge in [-0.3, -0.25) is 14.9 Å². The van der Waals surface area contributed by atoms with Crippen molar-refractivity contribution in [1.29, 1.82) is 0 Å². The molecule has 2 aliphatic rings. The lowest BCUT2D eigenvalue weighted by molar-refractivity contribution is -0.535. The molecule has 4 unspecified atom stereocenters. The Hall–Kier alpha value is -1.86. The highest BCUT2D eigenvalue weighted by atomic mass is 79.9. The first kappa shape index (κ1) is 16.6. The third kappa shape index (κ3) is 2.25. The second-order valence-corrected chi connectivity index (χ2v) is 9.14. The zero-order valence-corrected chi connectivity index (χ0v) is 15.7. The topological polar surface area (TPSA) is 72.2 Å². The van der Waals surface area contributed by atoms with Crippen LogP contribution < -0.4 is 5.32 Å². The Morgan fingerprint density at radius 3 is 2.40 bits per heavy atom. The summed E-state index contributed by atoms with van der Waals surface area (Å²) >= 11 is 4.76. The normalized spacial score (nSPS) is 33.3. The zero-order valence-electron chi connectivity index (χ0n) is 13.3. The van der Waals surface area contributed by atoms with Gasteiger partial charge in [0.15, 0.2) is 4.87 Å². The number of hydrogen-bond donors (Lipinski definition) is 1. The minimum absolute atomic E-state index is 0.146. The second-order valence-electron chi connectivity index (χ2n) is 6.52. The summed E-state index contributed by atoms with van der Waals surface area (Å²) in [5.74, 6) is -0.640. The molecule has 1 N–H and O–H groups in total. The average molecular weight is 419 g/mol. The Bertz CT molecular complexity index is 860. The molecule has 2 fully saturated rings. The van der Waals surface area contributed by atoms with Crippen molar-refractivity contribution in [1.82, 2.24) is 5.32 Å². The highest BCUT2D eigenvalue weighted by molar-refractivity contribution is 9.10. The van der Waals surface area contributed by atoms with Crippen molar-refractivity contribution in [2.24, 2.45) is 0 Å². The molecule has 5 nitrogen and oxygen atoms in total. The van der Waals surface area contributed by atoms with Crippen LogP contribution in [0.1, 0.15) is 24.0 Å². The van der Waals surface area contributed by atoms with E-state index in [4.69, 9.17) is 0 Å². The summed E-state index contributed by atoms with van der Waals surface area (Å²) in [6, 6.07) is 15.8. The van der Waals surface area contributed by atoms with Crippen molar-refractivity contribution >= 4 is 33.6 Å². The summed E-state index contributed by atoms with van der Waals surface area (Å²) < 4.78 is 0.00611. The van der Waals surface area contributed by atoms with E-state index in [9.17, 15) is 14.9 Å². The first-order valence-corrected chi connectivity index (χ1v) is 9.47. The van der Waals surface area contributed by atoms with Crippen LogP contribution in [0, 0.1) is 10.1 Å². The fourth-order valence-corrected chi connectivity index (χ4v) is 6.21. The van der Waals surface area contributed by atoms with Gasteiger partial charge < -0.3 is 5.32 Å². The third-order valence-corrected chi connectivity index (χ3v) is 7.40. The predicted molar refractivity (Wildman–Crippen MR) is 99.9 cm³/mol. The van der Waals surface area contributed by atoms with Crippen LogP contribution in [-0.2, 0) is 9.67 Å². The minimum atomic E-state index is -1.06. The number of benzene rings is 2. The number of piperidine rings is 1. The van der Waals surface area contributed by atoms with Gasteiger partial charge in [0.05, 0.1) is 5.92 Å². The van der Waals surface area contributed by atoms with Gasteiger partial charge in [0.2, 0.25) is 5.91 Å². The maximum absolute atomic E-state index is 12.8. The molecule has 0 spiro atoms. The van der Waals surface area contributed by atoms with Crippen molar-refractivity contribution in [3.8, 4) is 0 Å². The summed E-state index contributed by atoms with van der Waals surface area (Å²) in [4.78, 5) is 23.6. The number of carbonyl (C=O) groups is 1. The van der Waals surface area contributed by atoms with Crippen LogP contribution in [0.2, 0.25) is 0 Å². The van der Waals surface area contributed by atoms with Gasteiger partial charge in [-0.25, -0.2) is 0 Å². The lowest BCUT2D eigenvalue weighted by atomic mass is 9.74. The molecular weight excluding hydrogens is 404 g/mol. The van der Waals surface area contributed by atoms with Gasteiger partial charge in [-0.15, -0.1) is 11.8 Å². The number of nitrogens with zero attached hydrogens (tertiary/aromatic N) is 1. The van der Waals surface area contributed by atoms with E-state index in [0.29, 0.717) is 0 Å². The molecule has 128 valence electrons. The van der Waals surface area contributed by atoms with E-state index in [-0.39, 0.29) is 10.8 Å². The van der Waals surface area contributed by atoms with Gasteiger partial charge in [0.1, 0.15) is 4.75 Å². The summed E-state index contributed by atoms with van der Waals surface area (Å²) in [6.45, 7) is 1.81. The molecule has 2 aromatic carbocycles. The maximum Gasteiger partial charge on any atom is 0.258 e. The number of carbonyl (C=O) groups excluding carboxylic acids is 1. The highest BCUT2D eigenvalue weighted by Gasteiger charge is 2.75. The molecule has 4 atom stereocenters. The van der Waals surface area contributed by atoms with Crippen molar-refractivity contribution in [2.45, 2.75) is 28.5 Å². The zero-order chi connectivity index (χ0) is 17.8. The van der Waals surface area contributed by atoms with Gasteiger partial charge in [-0.1, -0.05) is 58.4 Å². The van der Waals surface area contributed by atoms with Gasteiger partial charge in [0, 0.05) is 9.40 Å². The number of rotatable bonds is 3. The van der Waals surface area contributed by atoms with Gasteiger partial charge in [0.25, 0.3) is 6.04 Å². The summed E-state index contributed by atoms with van der Waals surface area (Å²) in [7, 11) is 0. The molecule has 2 saturated heterocycles. The number of hydrogen-bond acceptors (Lipinski definition) is 4. The SMILES string of the molecule is CC12SC(c3ccc(Br)cc3)(NC1=O)C([N+](=O)[O-])C2c1ccccc1. The van der Waals surface area contributed by atoms with Crippen molar-refractivity contribution < 1.29 is 9.72 Å². The van der Waals surface area contributed by atoms with E-state index in [1.807, 2.05) is 61.5 Å². The molecule has 0 aromatic heterocycles. The van der Waals surface area contributed by atoms with Gasteiger partial charge in [-0.2, -0.15) is 0 Å². The quantitative estimate of drug-likeness (QED) is 0.609. The van der Waals surface area contributed by atoms with E-state index in [0.717, 1.165) is 15.6 Å². The van der Waals surface area contributed by atoms with Crippen LogP contribution in [-0.4, -0.2) is 21.6 Å². The van der Waals surface area contributed by atoms with Crippen LogP contribution in [0.4, 0.5) is 0 Å². The monoisotopic (exact) mass is 418 g/mol. The highest BCUT2D eigenvalue weighted by Crippen LogP contribution is 2.65. The molecule has 0 aliphatic carbocycles. The van der Waals surface area contributed by atoms with Crippen LogP contribution in [0.15, 0.2) is 59.1 Å². The van der Waals surface area contributed by atoms with Gasteiger partial charge >= 0.3 is 0 Å². The molecule has 4 rings (SSSR count). The molecular formula is C18H15BrN2O3S. The van der Waals surface area contributed by atoms with Crippen molar-refractivity contribution in [3.63, 3.8) is 0 Å². The minimum Gasteiger partial charge on any atom is -0.331 e. The molecule has 2 aromatic rings. The lowest BCUT2D eigenvalue weighted by Gasteiger charge is -2.35. The molecule has 2 bridgehead atoms. The fraction of sp³-hybridized carbons (Fsp3) is 0.278. The Kier molecular flexibility index (Phi) is 3.70. The maximum atomic E-state index is 12.8. The summed E-state index contributed by atoms with van der Waals surface area (Å²) in [5, 5.41) is 15.0. The first-order valence-electron chi connectivity index (χ1n) is 7.86. The van der Waals surface area contributed by atoms with E-state index in [1.54, 1.807) is 0 Å². The summed E-state index contributed by atoms with van der Waals surface area (Å²) in [5.41, 5.74) is 1.57. The standard InChI is InChI=1S/C18H15BrN2O3S/c1-17-14(11-5-3-2-4-6-11)15(21(23)24)18(25-17,20-16(17)22)12-7-9-13(19)10-8-12/h2-10,14-15H,1H3,(H,20,22).